The van der Waals surface area contributed by atoms with Gasteiger partial charge in [0, 0.05) is 11.3 Å². The lowest BCUT2D eigenvalue weighted by molar-refractivity contribution is 0.0999. The molecule has 0 fully saturated rings. The van der Waals surface area contributed by atoms with Gasteiger partial charge < -0.3 is 5.73 Å². The summed E-state index contributed by atoms with van der Waals surface area (Å²) in [6.45, 7) is 2.09. The lowest BCUT2D eigenvalue weighted by Gasteiger charge is -2.04. The molecule has 13 heavy (non-hydrogen) atoms. The van der Waals surface area contributed by atoms with Crippen LogP contribution in [-0.4, -0.2) is 11.7 Å². The molecule has 1 rings (SSSR count). The molecule has 0 bridgehead atoms. The summed E-state index contributed by atoms with van der Waals surface area (Å²) >= 11 is 1.78. The second kappa shape index (κ2) is 4.92. The summed E-state index contributed by atoms with van der Waals surface area (Å²) in [7, 11) is 0. The maximum Gasteiger partial charge on any atom is 0.249 e. The van der Waals surface area contributed by atoms with Crippen LogP contribution in [0.1, 0.15) is 22.8 Å². The van der Waals surface area contributed by atoms with Crippen LogP contribution < -0.4 is 5.73 Å². The van der Waals surface area contributed by atoms with E-state index in [2.05, 4.69) is 6.92 Å². The number of primary amides is 1. The molecular weight excluding hydrogens is 182 g/mol. The number of hydrogen-bond donors (Lipinski definition) is 1. The van der Waals surface area contributed by atoms with Crippen molar-refractivity contribution >= 4 is 17.7 Å². The van der Waals surface area contributed by atoms with Gasteiger partial charge in [-0.1, -0.05) is 25.1 Å². The Hall–Kier alpha value is -0.960. The number of nitrogens with two attached hydrogens (primary N) is 1. The molecule has 1 aromatic carbocycles. The van der Waals surface area contributed by atoms with Crippen LogP contribution >= 0.6 is 11.8 Å². The minimum atomic E-state index is -0.340. The van der Waals surface area contributed by atoms with Gasteiger partial charge in [0.1, 0.15) is 0 Å². The smallest absolute Gasteiger partial charge is 0.249 e. The minimum Gasteiger partial charge on any atom is -0.366 e. The number of hydrogen-bond acceptors (Lipinski definition) is 2. The molecule has 70 valence electrons. The van der Waals surface area contributed by atoms with Crippen molar-refractivity contribution in [2.24, 2.45) is 5.73 Å². The molecule has 0 saturated heterocycles. The van der Waals surface area contributed by atoms with E-state index in [1.807, 2.05) is 18.2 Å². The van der Waals surface area contributed by atoms with Crippen LogP contribution in [0.3, 0.4) is 0 Å². The normalized spacial score (nSPS) is 9.92. The molecule has 0 spiro atoms. The summed E-state index contributed by atoms with van der Waals surface area (Å²) < 4.78 is 0. The molecule has 0 atom stereocenters. The molecule has 1 amide bonds. The van der Waals surface area contributed by atoms with E-state index < -0.39 is 0 Å². The summed E-state index contributed by atoms with van der Waals surface area (Å²) in [5, 5.41) is 0. The van der Waals surface area contributed by atoms with Gasteiger partial charge in [0.05, 0.1) is 0 Å². The van der Waals surface area contributed by atoms with E-state index in [1.54, 1.807) is 17.8 Å². The van der Waals surface area contributed by atoms with Gasteiger partial charge in [-0.25, -0.2) is 0 Å². The van der Waals surface area contributed by atoms with E-state index in [9.17, 15) is 4.79 Å². The highest BCUT2D eigenvalue weighted by Crippen LogP contribution is 2.15. The van der Waals surface area contributed by atoms with E-state index in [0.29, 0.717) is 5.56 Å². The first-order valence-electron chi connectivity index (χ1n) is 4.21. The Kier molecular flexibility index (Phi) is 3.83. The Morgan fingerprint density at radius 1 is 1.46 bits per heavy atom. The van der Waals surface area contributed by atoms with Crippen molar-refractivity contribution in [3.8, 4) is 0 Å². The highest BCUT2D eigenvalue weighted by Gasteiger charge is 2.05. The van der Waals surface area contributed by atoms with Gasteiger partial charge in [-0.2, -0.15) is 11.8 Å². The molecule has 0 aromatic heterocycles. The number of thioether (sulfide) groups is 1. The summed E-state index contributed by atoms with van der Waals surface area (Å²) in [5.74, 6) is 1.57. The van der Waals surface area contributed by atoms with Crippen molar-refractivity contribution < 1.29 is 4.79 Å². The molecule has 0 radical (unpaired) electrons. The number of carbonyl (C=O) groups excluding carboxylic acids is 1. The maximum absolute atomic E-state index is 11.0. The second-order valence-electron chi connectivity index (χ2n) is 2.66. The highest BCUT2D eigenvalue weighted by molar-refractivity contribution is 7.98. The van der Waals surface area contributed by atoms with Crippen LogP contribution in [-0.2, 0) is 5.75 Å². The predicted molar refractivity (Wildman–Crippen MR) is 56.8 cm³/mol. The molecule has 0 aliphatic heterocycles. The van der Waals surface area contributed by atoms with Gasteiger partial charge in [0.15, 0.2) is 0 Å². The van der Waals surface area contributed by atoms with Crippen LogP contribution in [0.4, 0.5) is 0 Å². The van der Waals surface area contributed by atoms with Gasteiger partial charge in [-0.15, -0.1) is 0 Å². The summed E-state index contributed by atoms with van der Waals surface area (Å²) in [6, 6.07) is 7.48. The second-order valence-corrected chi connectivity index (χ2v) is 3.93. The average Bonchev–Trinajstić information content (AvgIpc) is 2.15. The van der Waals surface area contributed by atoms with Crippen LogP contribution in [0, 0.1) is 0 Å². The average molecular weight is 195 g/mol. The van der Waals surface area contributed by atoms with Crippen molar-refractivity contribution in [1.29, 1.82) is 0 Å². The fraction of sp³-hybridized carbons (Fsp3) is 0.300. The van der Waals surface area contributed by atoms with E-state index >= 15 is 0 Å². The fourth-order valence-corrected chi connectivity index (χ4v) is 1.77. The fourth-order valence-electron chi connectivity index (χ4n) is 1.10. The number of benzene rings is 1. The molecular formula is C10H13NOS. The molecule has 0 aliphatic carbocycles. The Morgan fingerprint density at radius 2 is 2.15 bits per heavy atom. The van der Waals surface area contributed by atoms with Crippen LogP contribution in [0.2, 0.25) is 0 Å². The Labute approximate surface area is 82.5 Å². The predicted octanol–water partition coefficient (Wildman–Crippen LogP) is 2.04. The molecule has 0 saturated carbocycles. The van der Waals surface area contributed by atoms with Gasteiger partial charge in [0.2, 0.25) is 5.91 Å². The number of carbonyl (C=O) groups is 1. The Morgan fingerprint density at radius 3 is 2.77 bits per heavy atom. The zero-order valence-electron chi connectivity index (χ0n) is 7.62. The largest absolute Gasteiger partial charge is 0.366 e. The van der Waals surface area contributed by atoms with E-state index in [4.69, 9.17) is 5.73 Å². The van der Waals surface area contributed by atoms with Crippen molar-refractivity contribution in [3.63, 3.8) is 0 Å². The molecule has 0 aliphatic rings. The highest BCUT2D eigenvalue weighted by atomic mass is 32.2. The zero-order chi connectivity index (χ0) is 9.68. The molecule has 1 aromatic rings. The number of rotatable bonds is 4. The van der Waals surface area contributed by atoms with E-state index in [0.717, 1.165) is 17.1 Å². The van der Waals surface area contributed by atoms with Gasteiger partial charge in [0.25, 0.3) is 0 Å². The van der Waals surface area contributed by atoms with E-state index in [1.165, 1.54) is 0 Å². The number of amides is 1. The van der Waals surface area contributed by atoms with Crippen molar-refractivity contribution in [1.82, 2.24) is 0 Å². The van der Waals surface area contributed by atoms with Crippen LogP contribution in [0.25, 0.3) is 0 Å². The molecule has 2 nitrogen and oxygen atoms in total. The topological polar surface area (TPSA) is 43.1 Å². The quantitative estimate of drug-likeness (QED) is 0.799. The van der Waals surface area contributed by atoms with Crippen molar-refractivity contribution in [2.45, 2.75) is 12.7 Å². The maximum atomic E-state index is 11.0. The van der Waals surface area contributed by atoms with Crippen LogP contribution in [0.15, 0.2) is 24.3 Å². The Bertz CT molecular complexity index is 299. The Balaban J connectivity index is 2.84. The van der Waals surface area contributed by atoms with Crippen molar-refractivity contribution in [2.75, 3.05) is 5.75 Å². The summed E-state index contributed by atoms with van der Waals surface area (Å²) in [6.07, 6.45) is 0. The third-order valence-corrected chi connectivity index (χ3v) is 2.67. The van der Waals surface area contributed by atoms with Gasteiger partial charge in [-0.3, -0.25) is 4.79 Å². The lowest BCUT2D eigenvalue weighted by atomic mass is 10.1. The first kappa shape index (κ1) is 10.1. The van der Waals surface area contributed by atoms with Crippen LogP contribution in [0.5, 0.6) is 0 Å². The van der Waals surface area contributed by atoms with Crippen molar-refractivity contribution in [3.05, 3.63) is 35.4 Å². The third-order valence-electron chi connectivity index (χ3n) is 1.74. The van der Waals surface area contributed by atoms with E-state index in [-0.39, 0.29) is 5.91 Å². The molecule has 3 heteroatoms. The first-order valence-corrected chi connectivity index (χ1v) is 5.36. The monoisotopic (exact) mass is 195 g/mol. The minimum absolute atomic E-state index is 0.340. The molecule has 0 unspecified atom stereocenters. The van der Waals surface area contributed by atoms with Gasteiger partial charge in [-0.05, 0) is 17.4 Å². The SMILES string of the molecule is CCSCc1ccccc1C(N)=O. The first-order chi connectivity index (χ1) is 6.25. The lowest BCUT2D eigenvalue weighted by Crippen LogP contribution is -2.13. The summed E-state index contributed by atoms with van der Waals surface area (Å²) in [4.78, 5) is 11.0. The third kappa shape index (κ3) is 2.77. The summed E-state index contributed by atoms with van der Waals surface area (Å²) in [5.41, 5.74) is 6.91. The standard InChI is InChI=1S/C10H13NOS/c1-2-13-7-8-5-3-4-6-9(8)10(11)12/h3-6H,2,7H2,1H3,(H2,11,12). The zero-order valence-corrected chi connectivity index (χ0v) is 8.43. The molecule has 0 heterocycles. The molecule has 2 N–H and O–H groups in total. The van der Waals surface area contributed by atoms with Gasteiger partial charge >= 0.3 is 0 Å².